The summed E-state index contributed by atoms with van der Waals surface area (Å²) in [6, 6.07) is 156. The van der Waals surface area contributed by atoms with Crippen molar-refractivity contribution in [1.29, 1.82) is 0 Å². The Kier molecular flexibility index (Phi) is 16.8. The van der Waals surface area contributed by atoms with Crippen LogP contribution in [0.4, 0.5) is 34.1 Å². The van der Waals surface area contributed by atoms with Gasteiger partial charge in [-0.05, 0) is 240 Å². The summed E-state index contributed by atoms with van der Waals surface area (Å²) in [7, 11) is 0. The quantitative estimate of drug-likeness (QED) is 0.109. The van der Waals surface area contributed by atoms with E-state index in [0.717, 1.165) is 134 Å². The number of nitrogens with zero attached hydrogens (tertiary/aromatic N) is 4. The van der Waals surface area contributed by atoms with Gasteiger partial charge in [0.2, 0.25) is 0 Å². The minimum absolute atomic E-state index is 0.901. The zero-order chi connectivity index (χ0) is 75.4. The molecule has 18 aromatic carbocycles. The van der Waals surface area contributed by atoms with Crippen LogP contribution in [0.25, 0.3) is 166 Å². The molecule has 22 rings (SSSR count). The summed E-state index contributed by atoms with van der Waals surface area (Å²) in [4.78, 5) is 4.70. The summed E-state index contributed by atoms with van der Waals surface area (Å²) < 4.78 is 17.5. The van der Waals surface area contributed by atoms with Crippen molar-refractivity contribution in [2.24, 2.45) is 0 Å². The average Bonchev–Trinajstić information content (AvgIpc) is 1.57. The molecule has 536 valence electrons. The van der Waals surface area contributed by atoms with Gasteiger partial charge in [0.25, 0.3) is 0 Å². The van der Waals surface area contributed by atoms with Gasteiger partial charge in [0.1, 0.15) is 22.2 Å². The summed E-state index contributed by atoms with van der Waals surface area (Å²) in [5, 5.41) is 9.45. The smallest absolute Gasteiger partial charge is 0.161 e. The van der Waals surface area contributed by atoms with Crippen LogP contribution < -0.4 is 9.80 Å². The van der Waals surface area contributed by atoms with Crippen molar-refractivity contribution in [3.8, 4) is 78.1 Å². The Balaban J connectivity index is 0.000000143. The van der Waals surface area contributed by atoms with Gasteiger partial charge >= 0.3 is 0 Å². The predicted octanol–water partition coefficient (Wildman–Crippen LogP) is 30.3. The van der Waals surface area contributed by atoms with Gasteiger partial charge in [0.05, 0.1) is 11.0 Å². The molecule has 0 spiro atoms. The number of hydrogen-bond acceptors (Lipinski definition) is 4. The Bertz CT molecular complexity index is 7280. The molecule has 0 bridgehead atoms. The Morgan fingerprint density at radius 1 is 0.184 bits per heavy atom. The van der Waals surface area contributed by atoms with E-state index in [0.29, 0.717) is 0 Å². The van der Waals surface area contributed by atoms with Crippen molar-refractivity contribution in [3.63, 3.8) is 0 Å². The van der Waals surface area contributed by atoms with Crippen LogP contribution in [0.2, 0.25) is 0 Å². The van der Waals surface area contributed by atoms with Crippen LogP contribution in [-0.2, 0) is 0 Å². The fourth-order valence-corrected chi connectivity index (χ4v) is 16.8. The number of para-hydroxylation sites is 4. The van der Waals surface area contributed by atoms with Gasteiger partial charge in [-0.25, -0.2) is 0 Å². The van der Waals surface area contributed by atoms with Crippen LogP contribution in [0, 0.1) is 0 Å². The fraction of sp³-hybridized carbons (Fsp3) is 0. The number of aromatic nitrogens is 2. The van der Waals surface area contributed by atoms with Gasteiger partial charge < -0.3 is 27.8 Å². The SMILES string of the molecule is c1ccc(-c2ccc(N(c3ccc(-c4ccc5ccccc5c4)cc3)c3cccc(-c4ccc(-n5c6ccccc6c6oc7ccccc7c65)cc4)c3)cc2)cc1.c1ccc(-c2ccc(N(c3ccc(-c4cccc5ccccc45)cc3)c3cccc(-c4ccc(-n5c6ccccc6c6oc7ccccc7c65)cc4)c3)cc2)cc1. The molecule has 114 heavy (non-hydrogen) atoms. The lowest BCUT2D eigenvalue weighted by atomic mass is 9.98. The first-order chi connectivity index (χ1) is 56.5. The molecule has 4 aromatic heterocycles. The molecule has 0 unspecified atom stereocenters. The maximum absolute atomic E-state index is 6.42. The van der Waals surface area contributed by atoms with Crippen molar-refractivity contribution < 1.29 is 8.83 Å². The number of furan rings is 2. The van der Waals surface area contributed by atoms with E-state index in [2.05, 4.69) is 431 Å². The highest BCUT2D eigenvalue weighted by atomic mass is 16.3. The summed E-state index contributed by atoms with van der Waals surface area (Å²) >= 11 is 0. The van der Waals surface area contributed by atoms with E-state index in [1.807, 2.05) is 24.3 Å². The molecular weight excluding hydrogens is 1390 g/mol. The van der Waals surface area contributed by atoms with E-state index in [9.17, 15) is 0 Å². The molecule has 0 saturated carbocycles. The molecule has 0 aliphatic carbocycles. The second-order valence-electron chi connectivity index (χ2n) is 29.1. The van der Waals surface area contributed by atoms with Gasteiger partial charge in [-0.2, -0.15) is 0 Å². The molecule has 0 atom stereocenters. The normalized spacial score (nSPS) is 11.5. The molecule has 0 aliphatic rings. The lowest BCUT2D eigenvalue weighted by Gasteiger charge is -2.26. The minimum atomic E-state index is 0.901. The molecule has 6 heteroatoms. The maximum atomic E-state index is 6.42. The highest BCUT2D eigenvalue weighted by Gasteiger charge is 2.23. The summed E-state index contributed by atoms with van der Waals surface area (Å²) in [5.74, 6) is 0. The molecule has 6 nitrogen and oxygen atoms in total. The van der Waals surface area contributed by atoms with Gasteiger partial charge in [0.15, 0.2) is 11.2 Å². The molecule has 0 fully saturated rings. The summed E-state index contributed by atoms with van der Waals surface area (Å²) in [6.45, 7) is 0. The Hall–Kier alpha value is -15.2. The van der Waals surface area contributed by atoms with E-state index in [4.69, 9.17) is 8.83 Å². The first-order valence-corrected chi connectivity index (χ1v) is 38.8. The second kappa shape index (κ2) is 28.6. The van der Waals surface area contributed by atoms with Gasteiger partial charge in [-0.3, -0.25) is 0 Å². The van der Waals surface area contributed by atoms with Crippen LogP contribution in [0.1, 0.15) is 0 Å². The first-order valence-electron chi connectivity index (χ1n) is 38.8. The Morgan fingerprint density at radius 2 is 0.500 bits per heavy atom. The molecular formula is C108H72N4O2. The molecule has 0 aliphatic heterocycles. The number of anilines is 6. The molecule has 0 radical (unpaired) electrons. The van der Waals surface area contributed by atoms with Crippen molar-refractivity contribution in [2.45, 2.75) is 0 Å². The van der Waals surface area contributed by atoms with E-state index < -0.39 is 0 Å². The lowest BCUT2D eigenvalue weighted by Crippen LogP contribution is -2.10. The standard InChI is InChI=1S/2C54H36N2O/c1-2-12-37(13-3-1)38-24-30-43(31-25-38)55(44-34-28-41(29-35-44)48-21-11-15-40-14-4-5-18-47(40)48)46-17-10-16-42(36-46)39-26-32-45(33-27-39)56-51-22-8-6-19-49(51)54-53(56)50-20-7-9-23-52(50)57-54;1-2-11-37(12-3-1)39-23-29-45(30-24-39)55(46-31-25-41(26-32-46)44-22-21-38-13-4-5-14-42(38)35-44)48-16-10-15-43(36-48)40-27-33-47(34-28-40)56-51-19-8-6-17-49(51)54-53(56)50-18-7-9-20-52(50)57-54/h2*1-36H. The van der Waals surface area contributed by atoms with Crippen molar-refractivity contribution >= 4 is 122 Å². The number of rotatable bonds is 14. The second-order valence-corrected chi connectivity index (χ2v) is 29.1. The number of benzene rings is 18. The van der Waals surface area contributed by atoms with Gasteiger partial charge in [-0.1, -0.05) is 285 Å². The molecule has 22 aromatic rings. The largest absolute Gasteiger partial charge is 0.454 e. The van der Waals surface area contributed by atoms with E-state index in [1.165, 1.54) is 66.1 Å². The van der Waals surface area contributed by atoms with Crippen LogP contribution >= 0.6 is 0 Å². The predicted molar refractivity (Wildman–Crippen MR) is 478 cm³/mol. The third-order valence-electron chi connectivity index (χ3n) is 22.4. The first kappa shape index (κ1) is 66.9. The van der Waals surface area contributed by atoms with E-state index in [-0.39, 0.29) is 0 Å². The third-order valence-corrected chi connectivity index (χ3v) is 22.4. The van der Waals surface area contributed by atoms with Crippen LogP contribution in [0.5, 0.6) is 0 Å². The Labute approximate surface area is 660 Å². The monoisotopic (exact) mass is 1460 g/mol. The van der Waals surface area contributed by atoms with Crippen LogP contribution in [-0.4, -0.2) is 9.13 Å². The lowest BCUT2D eigenvalue weighted by molar-refractivity contribution is 0.672. The third kappa shape index (κ3) is 12.2. The molecule has 0 saturated heterocycles. The number of hydrogen-bond donors (Lipinski definition) is 0. The van der Waals surface area contributed by atoms with Crippen LogP contribution in [0.15, 0.2) is 446 Å². The number of fused-ring (bicyclic) bond motifs is 12. The minimum Gasteiger partial charge on any atom is -0.454 e. The van der Waals surface area contributed by atoms with Gasteiger partial charge in [0, 0.05) is 67.0 Å². The van der Waals surface area contributed by atoms with E-state index >= 15 is 0 Å². The zero-order valence-corrected chi connectivity index (χ0v) is 62.2. The Morgan fingerprint density at radius 3 is 0.965 bits per heavy atom. The zero-order valence-electron chi connectivity index (χ0n) is 62.2. The average molecular weight is 1460 g/mol. The van der Waals surface area contributed by atoms with Crippen molar-refractivity contribution in [2.75, 3.05) is 9.80 Å². The summed E-state index contributed by atoms with van der Waals surface area (Å²) in [6.07, 6.45) is 0. The fourth-order valence-electron chi connectivity index (χ4n) is 16.8. The topological polar surface area (TPSA) is 42.6 Å². The molecule has 0 amide bonds. The van der Waals surface area contributed by atoms with Crippen LogP contribution in [0.3, 0.4) is 0 Å². The molecule has 4 heterocycles. The highest BCUT2D eigenvalue weighted by molar-refractivity contribution is 6.18. The maximum Gasteiger partial charge on any atom is 0.161 e. The summed E-state index contributed by atoms with van der Waals surface area (Å²) in [5.41, 5.74) is 31.1. The highest BCUT2D eigenvalue weighted by Crippen LogP contribution is 2.45. The van der Waals surface area contributed by atoms with Crippen molar-refractivity contribution in [1.82, 2.24) is 9.13 Å². The van der Waals surface area contributed by atoms with E-state index in [1.54, 1.807) is 0 Å². The van der Waals surface area contributed by atoms with Crippen molar-refractivity contribution in [3.05, 3.63) is 437 Å². The molecule has 0 N–H and O–H groups in total. The van der Waals surface area contributed by atoms with Gasteiger partial charge in [-0.15, -0.1) is 0 Å².